The molecule has 0 unspecified atom stereocenters. The van der Waals surface area contributed by atoms with Gasteiger partial charge in [-0.05, 0) is 18.2 Å². The minimum absolute atomic E-state index is 0.0838. The highest BCUT2D eigenvalue weighted by molar-refractivity contribution is 5.91. The molecule has 0 aliphatic heterocycles. The standard InChI is InChI=1S/C12H16N2O4/c1-16-10-5-4-8(12(15)18-3)6-9(10)14-7-11(13)17-2/h4-6,13-14H,7H2,1-3H3. The SMILES string of the molecule is COC(=N)CNc1cc(C(=O)OC)ccc1OC. The van der Waals surface area contributed by atoms with E-state index in [0.717, 1.165) is 0 Å². The number of hydrogen-bond acceptors (Lipinski definition) is 6. The van der Waals surface area contributed by atoms with Crippen molar-refractivity contribution in [1.82, 2.24) is 0 Å². The maximum absolute atomic E-state index is 11.4. The van der Waals surface area contributed by atoms with Crippen LogP contribution in [0.15, 0.2) is 18.2 Å². The summed E-state index contributed by atoms with van der Waals surface area (Å²) < 4.78 is 14.5. The third-order valence-electron chi connectivity index (χ3n) is 2.31. The van der Waals surface area contributed by atoms with Gasteiger partial charge in [-0.3, -0.25) is 5.41 Å². The van der Waals surface area contributed by atoms with E-state index in [2.05, 4.69) is 10.1 Å². The molecule has 0 aliphatic rings. The summed E-state index contributed by atoms with van der Waals surface area (Å²) >= 11 is 0. The van der Waals surface area contributed by atoms with Crippen molar-refractivity contribution in [1.29, 1.82) is 5.41 Å². The first-order chi connectivity index (χ1) is 8.62. The lowest BCUT2D eigenvalue weighted by Gasteiger charge is -2.12. The molecule has 0 fully saturated rings. The maximum Gasteiger partial charge on any atom is 0.337 e. The molecule has 2 N–H and O–H groups in total. The molecule has 0 saturated heterocycles. The first-order valence-electron chi connectivity index (χ1n) is 5.24. The molecule has 0 radical (unpaired) electrons. The number of ether oxygens (including phenoxy) is 3. The van der Waals surface area contributed by atoms with Gasteiger partial charge in [0.2, 0.25) is 0 Å². The van der Waals surface area contributed by atoms with Crippen LogP contribution in [0.4, 0.5) is 5.69 Å². The van der Waals surface area contributed by atoms with Crippen molar-refractivity contribution in [2.75, 3.05) is 33.2 Å². The highest BCUT2D eigenvalue weighted by Crippen LogP contribution is 2.25. The minimum Gasteiger partial charge on any atom is -0.495 e. The van der Waals surface area contributed by atoms with E-state index in [1.807, 2.05) is 0 Å². The third-order valence-corrected chi connectivity index (χ3v) is 2.31. The third kappa shape index (κ3) is 3.38. The molecule has 0 saturated carbocycles. The van der Waals surface area contributed by atoms with Gasteiger partial charge in [0.1, 0.15) is 5.75 Å². The van der Waals surface area contributed by atoms with Crippen LogP contribution in [0, 0.1) is 5.41 Å². The summed E-state index contributed by atoms with van der Waals surface area (Å²) in [4.78, 5) is 11.4. The second kappa shape index (κ2) is 6.48. The number of carbonyl (C=O) groups excluding carboxylic acids is 1. The number of esters is 1. The van der Waals surface area contributed by atoms with E-state index in [1.165, 1.54) is 21.3 Å². The molecular weight excluding hydrogens is 236 g/mol. The number of benzene rings is 1. The van der Waals surface area contributed by atoms with Crippen LogP contribution in [0.5, 0.6) is 5.75 Å². The lowest BCUT2D eigenvalue weighted by molar-refractivity contribution is 0.0601. The largest absolute Gasteiger partial charge is 0.495 e. The molecule has 98 valence electrons. The second-order valence-electron chi connectivity index (χ2n) is 3.39. The zero-order chi connectivity index (χ0) is 13.5. The lowest BCUT2D eigenvalue weighted by Crippen LogP contribution is -2.15. The van der Waals surface area contributed by atoms with E-state index >= 15 is 0 Å². The fraction of sp³-hybridized carbons (Fsp3) is 0.333. The number of anilines is 1. The molecule has 6 heteroatoms. The fourth-order valence-corrected chi connectivity index (χ4v) is 1.34. The molecule has 0 atom stereocenters. The van der Waals surface area contributed by atoms with Gasteiger partial charge in [0.05, 0.1) is 39.1 Å². The van der Waals surface area contributed by atoms with E-state index in [9.17, 15) is 4.79 Å². The zero-order valence-corrected chi connectivity index (χ0v) is 10.6. The monoisotopic (exact) mass is 252 g/mol. The highest BCUT2D eigenvalue weighted by Gasteiger charge is 2.10. The summed E-state index contributed by atoms with van der Waals surface area (Å²) in [5, 5.41) is 10.3. The highest BCUT2D eigenvalue weighted by atomic mass is 16.5. The molecule has 18 heavy (non-hydrogen) atoms. The Morgan fingerprint density at radius 2 is 2.00 bits per heavy atom. The van der Waals surface area contributed by atoms with Crippen LogP contribution in [-0.2, 0) is 9.47 Å². The van der Waals surface area contributed by atoms with Gasteiger partial charge >= 0.3 is 5.97 Å². The van der Waals surface area contributed by atoms with Gasteiger partial charge < -0.3 is 19.5 Å². The Kier molecular flexibility index (Phi) is 4.98. The van der Waals surface area contributed by atoms with Crippen LogP contribution >= 0.6 is 0 Å². The number of rotatable bonds is 5. The first kappa shape index (κ1) is 13.8. The summed E-state index contributed by atoms with van der Waals surface area (Å²) in [6.45, 7) is 0.206. The molecule has 0 spiro atoms. The van der Waals surface area contributed by atoms with Gasteiger partial charge in [0.15, 0.2) is 5.90 Å². The van der Waals surface area contributed by atoms with Crippen molar-refractivity contribution < 1.29 is 19.0 Å². The second-order valence-corrected chi connectivity index (χ2v) is 3.39. The van der Waals surface area contributed by atoms with E-state index in [0.29, 0.717) is 17.0 Å². The van der Waals surface area contributed by atoms with Crippen LogP contribution < -0.4 is 10.1 Å². The molecule has 0 bridgehead atoms. The van der Waals surface area contributed by atoms with Crippen molar-refractivity contribution in [2.45, 2.75) is 0 Å². The van der Waals surface area contributed by atoms with Crippen molar-refractivity contribution in [3.63, 3.8) is 0 Å². The number of carbonyl (C=O) groups is 1. The topological polar surface area (TPSA) is 80.6 Å². The van der Waals surface area contributed by atoms with Crippen molar-refractivity contribution >= 4 is 17.6 Å². The smallest absolute Gasteiger partial charge is 0.337 e. The summed E-state index contributed by atoms with van der Waals surface area (Å²) in [6, 6.07) is 4.87. The average Bonchev–Trinajstić information content (AvgIpc) is 2.43. The van der Waals surface area contributed by atoms with E-state index in [-0.39, 0.29) is 12.4 Å². The number of methoxy groups -OCH3 is 3. The molecule has 1 aromatic carbocycles. The summed E-state index contributed by atoms with van der Waals surface area (Å²) in [7, 11) is 4.27. The van der Waals surface area contributed by atoms with Gasteiger partial charge in [-0.15, -0.1) is 0 Å². The van der Waals surface area contributed by atoms with E-state index < -0.39 is 5.97 Å². The van der Waals surface area contributed by atoms with Crippen molar-refractivity contribution in [2.24, 2.45) is 0 Å². The summed E-state index contributed by atoms with van der Waals surface area (Å²) in [5.41, 5.74) is 1.01. The zero-order valence-electron chi connectivity index (χ0n) is 10.6. The van der Waals surface area contributed by atoms with E-state index in [4.69, 9.17) is 14.9 Å². The molecule has 6 nitrogen and oxygen atoms in total. The maximum atomic E-state index is 11.4. The Labute approximate surface area is 105 Å². The Bertz CT molecular complexity index is 446. The van der Waals surface area contributed by atoms with Crippen molar-refractivity contribution in [3.05, 3.63) is 23.8 Å². The van der Waals surface area contributed by atoms with Gasteiger partial charge in [-0.2, -0.15) is 0 Å². The van der Waals surface area contributed by atoms with Crippen LogP contribution in [0.1, 0.15) is 10.4 Å². The van der Waals surface area contributed by atoms with Crippen LogP contribution in [0.2, 0.25) is 0 Å². The van der Waals surface area contributed by atoms with Crippen LogP contribution in [0.25, 0.3) is 0 Å². The molecule has 0 amide bonds. The fourth-order valence-electron chi connectivity index (χ4n) is 1.34. The van der Waals surface area contributed by atoms with Crippen LogP contribution in [0.3, 0.4) is 0 Å². The molecule has 0 aliphatic carbocycles. The average molecular weight is 252 g/mol. The lowest BCUT2D eigenvalue weighted by atomic mass is 10.2. The van der Waals surface area contributed by atoms with E-state index in [1.54, 1.807) is 18.2 Å². The number of hydrogen-bond donors (Lipinski definition) is 2. The predicted molar refractivity (Wildman–Crippen MR) is 67.6 cm³/mol. The molecule has 1 rings (SSSR count). The number of nitrogens with one attached hydrogen (secondary N) is 2. The Morgan fingerprint density at radius 3 is 2.56 bits per heavy atom. The Balaban J connectivity index is 2.91. The van der Waals surface area contributed by atoms with Gasteiger partial charge in [0, 0.05) is 0 Å². The molecule has 1 aromatic rings. The summed E-state index contributed by atoms with van der Waals surface area (Å²) in [6.07, 6.45) is 0. The van der Waals surface area contributed by atoms with Gasteiger partial charge in [0.25, 0.3) is 0 Å². The normalized spacial score (nSPS) is 9.50. The van der Waals surface area contributed by atoms with Crippen LogP contribution in [-0.4, -0.2) is 39.7 Å². The van der Waals surface area contributed by atoms with Crippen molar-refractivity contribution in [3.8, 4) is 5.75 Å². The predicted octanol–water partition coefficient (Wildman–Crippen LogP) is 1.52. The van der Waals surface area contributed by atoms with Gasteiger partial charge in [-0.25, -0.2) is 4.79 Å². The minimum atomic E-state index is -0.428. The summed E-state index contributed by atoms with van der Waals surface area (Å²) in [5.74, 6) is 0.231. The Hall–Kier alpha value is -2.24. The molecule has 0 aromatic heterocycles. The Morgan fingerprint density at radius 1 is 1.28 bits per heavy atom. The van der Waals surface area contributed by atoms with Gasteiger partial charge in [-0.1, -0.05) is 0 Å². The molecule has 0 heterocycles. The molecular formula is C12H16N2O4. The quantitative estimate of drug-likeness (QED) is 0.471. The first-order valence-corrected chi connectivity index (χ1v) is 5.24.